The third-order valence-electron chi connectivity index (χ3n) is 9.16. The smallest absolute Gasteiger partial charge is 0.306 e. The maximum absolute atomic E-state index is 13.8. The molecule has 2 aromatic rings. The van der Waals surface area contributed by atoms with Gasteiger partial charge in [0.15, 0.2) is 0 Å². The molecule has 12 nitrogen and oxygen atoms in total. The van der Waals surface area contributed by atoms with Gasteiger partial charge in [-0.05, 0) is 80.0 Å². The molecule has 0 bridgehead atoms. The van der Waals surface area contributed by atoms with Crippen molar-refractivity contribution in [2.24, 2.45) is 17.3 Å². The third kappa shape index (κ3) is 16.8. The average molecular weight is 816 g/mol. The van der Waals surface area contributed by atoms with E-state index >= 15 is 0 Å². The number of anilines is 4. The van der Waals surface area contributed by atoms with Crippen LogP contribution >= 0.6 is 23.2 Å². The van der Waals surface area contributed by atoms with Gasteiger partial charge in [0.25, 0.3) is 0 Å². The maximum atomic E-state index is 13.8. The zero-order valence-corrected chi connectivity index (χ0v) is 35.4. The number of nitrogen functional groups attached to an aromatic ring is 1. The number of rotatable bonds is 26. The minimum absolute atomic E-state index is 0.100. The molecule has 0 saturated heterocycles. The minimum atomic E-state index is -0.334. The number of ketones is 1. The predicted octanol–water partition coefficient (Wildman–Crippen LogP) is 8.77. The second kappa shape index (κ2) is 25.0. The Morgan fingerprint density at radius 3 is 1.91 bits per heavy atom. The molecule has 0 heterocycles. The van der Waals surface area contributed by atoms with Gasteiger partial charge >= 0.3 is 11.9 Å². The number of nitrogens with two attached hydrogens (primary N) is 1. The van der Waals surface area contributed by atoms with Gasteiger partial charge in [-0.25, -0.2) is 0 Å². The van der Waals surface area contributed by atoms with Crippen LogP contribution in [0.2, 0.25) is 0 Å². The molecule has 56 heavy (non-hydrogen) atoms. The Bertz CT molecular complexity index is 1610. The van der Waals surface area contributed by atoms with E-state index in [1.807, 2.05) is 19.1 Å². The van der Waals surface area contributed by atoms with Gasteiger partial charge in [0, 0.05) is 48.9 Å². The van der Waals surface area contributed by atoms with E-state index in [1.54, 1.807) is 7.11 Å². The van der Waals surface area contributed by atoms with Crippen LogP contribution in [-0.2, 0) is 30.3 Å². The van der Waals surface area contributed by atoms with Gasteiger partial charge < -0.3 is 30.3 Å². The zero-order chi connectivity index (χ0) is 41.7. The Labute approximate surface area is 343 Å². The number of Topliss-reactive ketones (excluding diaryl/α,β-unsaturated/α-hetero) is 1. The van der Waals surface area contributed by atoms with Crippen molar-refractivity contribution in [2.75, 3.05) is 66.7 Å². The molecule has 2 rings (SSSR count). The summed E-state index contributed by atoms with van der Waals surface area (Å²) in [5.74, 6) is 0.446. The van der Waals surface area contributed by atoms with Gasteiger partial charge in [0.1, 0.15) is 23.7 Å². The van der Waals surface area contributed by atoms with Crippen LogP contribution in [0.25, 0.3) is 0 Å². The second-order valence-corrected chi connectivity index (χ2v) is 16.0. The molecule has 0 saturated carbocycles. The fourth-order valence-corrected chi connectivity index (χ4v) is 6.93. The van der Waals surface area contributed by atoms with Crippen molar-refractivity contribution in [2.45, 2.75) is 98.8 Å². The number of benzene rings is 2. The van der Waals surface area contributed by atoms with Crippen molar-refractivity contribution in [1.29, 1.82) is 10.5 Å². The number of ether oxygens (including phenoxy) is 3. The van der Waals surface area contributed by atoms with Gasteiger partial charge in [-0.2, -0.15) is 10.5 Å². The molecule has 308 valence electrons. The van der Waals surface area contributed by atoms with Gasteiger partial charge in [-0.3, -0.25) is 19.8 Å². The molecule has 0 aliphatic rings. The average Bonchev–Trinajstić information content (AvgIpc) is 3.14. The molecule has 0 aliphatic carbocycles. The van der Waals surface area contributed by atoms with Gasteiger partial charge in [-0.15, -0.1) is 23.2 Å². The first-order valence-corrected chi connectivity index (χ1v) is 20.4. The van der Waals surface area contributed by atoms with Crippen molar-refractivity contribution in [3.63, 3.8) is 0 Å². The fourth-order valence-electron chi connectivity index (χ4n) is 6.62. The molecule has 0 radical (unpaired) electrons. The second-order valence-electron chi connectivity index (χ2n) is 15.2. The number of methoxy groups -OCH3 is 1. The Morgan fingerprint density at radius 1 is 0.893 bits per heavy atom. The van der Waals surface area contributed by atoms with Crippen LogP contribution in [-0.4, -0.2) is 62.9 Å². The van der Waals surface area contributed by atoms with Crippen molar-refractivity contribution in [3.8, 4) is 17.9 Å². The van der Waals surface area contributed by atoms with E-state index < -0.39 is 0 Å². The molecule has 2 atom stereocenters. The van der Waals surface area contributed by atoms with Crippen LogP contribution in [0.1, 0.15) is 109 Å². The quantitative estimate of drug-likeness (QED) is 0.0271. The van der Waals surface area contributed by atoms with E-state index in [-0.39, 0.29) is 89.6 Å². The number of nitrogens with zero attached hydrogens (tertiary/aromatic N) is 3. The number of unbranched alkanes of at least 4 members (excludes halogenated alkanes) is 2. The van der Waals surface area contributed by atoms with Crippen LogP contribution in [0.4, 0.5) is 22.7 Å². The van der Waals surface area contributed by atoms with Gasteiger partial charge in [0.05, 0.1) is 61.4 Å². The minimum Gasteiger partial charge on any atom is -0.495 e. The first-order valence-electron chi connectivity index (χ1n) is 19.4. The number of carbonyl (C=O) groups excluding carboxylic acids is 3. The number of hydrogen-bond donors (Lipinski definition) is 3. The molecule has 2 aromatic carbocycles. The van der Waals surface area contributed by atoms with Gasteiger partial charge in [-0.1, -0.05) is 34.6 Å². The highest BCUT2D eigenvalue weighted by Gasteiger charge is 2.25. The Balaban J connectivity index is 2.55. The third-order valence-corrected chi connectivity index (χ3v) is 9.54. The molecule has 0 fully saturated rings. The summed E-state index contributed by atoms with van der Waals surface area (Å²) < 4.78 is 16.6. The molecule has 0 aliphatic heterocycles. The Kier molecular flexibility index (Phi) is 21.3. The number of esters is 2. The molecular weight excluding hydrogens is 755 g/mol. The number of carbonyl (C=O) groups is 3. The number of nitrogens with one attached hydrogen (secondary N) is 2. The van der Waals surface area contributed by atoms with Crippen LogP contribution in [0.5, 0.6) is 5.75 Å². The molecule has 0 amide bonds. The molecule has 0 aromatic heterocycles. The highest BCUT2D eigenvalue weighted by molar-refractivity contribution is 6.19. The zero-order valence-electron chi connectivity index (χ0n) is 33.9. The summed E-state index contributed by atoms with van der Waals surface area (Å²) in [5.41, 5.74) is 15.6. The molecule has 2 unspecified atom stereocenters. The van der Waals surface area contributed by atoms with E-state index in [1.165, 1.54) is 12.1 Å². The number of halogens is 2. The van der Waals surface area contributed by atoms with E-state index in [9.17, 15) is 24.9 Å². The first kappa shape index (κ1) is 47.8. The van der Waals surface area contributed by atoms with Crippen LogP contribution in [0.3, 0.4) is 0 Å². The highest BCUT2D eigenvalue weighted by Crippen LogP contribution is 2.37. The normalized spacial score (nSPS) is 12.1. The standard InChI is InChI=1S/C42H60Cl2N6O6/c1-7-30(37(51)20-29(2)26-42(3,4)5)21-31-24-36(38(54-6)25-35(31)48-49-41-32(27-45)22-34(47)23-33(41)28-46)50(16-8-10-18-55-39(52)12-14-43)17-9-11-19-56-40(53)13-15-44/h22-25,29-30,48-49H,7-21,26,47H2,1-6H3. The van der Waals surface area contributed by atoms with Crippen LogP contribution in [0, 0.1) is 39.9 Å². The summed E-state index contributed by atoms with van der Waals surface area (Å²) in [4.78, 5) is 39.8. The highest BCUT2D eigenvalue weighted by atomic mass is 35.5. The summed E-state index contributed by atoms with van der Waals surface area (Å²) >= 11 is 11.4. The summed E-state index contributed by atoms with van der Waals surface area (Å²) in [6, 6.07) is 11.1. The Morgan fingerprint density at radius 2 is 1.45 bits per heavy atom. The number of hydrazine groups is 1. The fraction of sp³-hybridized carbons (Fsp3) is 0.595. The summed E-state index contributed by atoms with van der Waals surface area (Å²) in [6.45, 7) is 12.4. The largest absolute Gasteiger partial charge is 0.495 e. The monoisotopic (exact) mass is 814 g/mol. The van der Waals surface area contributed by atoms with Crippen molar-refractivity contribution in [3.05, 3.63) is 41.0 Å². The summed E-state index contributed by atoms with van der Waals surface area (Å²) in [6.07, 6.45) is 5.43. The van der Waals surface area contributed by atoms with Crippen LogP contribution < -0.4 is 26.2 Å². The SMILES string of the molecule is CCC(Cc1cc(N(CCCCOC(=O)CCCl)CCCCOC(=O)CCCl)c(OC)cc1NNc1c(C#N)cc(N)cc1C#N)C(=O)CC(C)CC(C)(C)C. The molecule has 0 spiro atoms. The lowest BCUT2D eigenvalue weighted by Crippen LogP contribution is -2.28. The molecule has 4 N–H and O–H groups in total. The van der Waals surface area contributed by atoms with Crippen LogP contribution in [0.15, 0.2) is 24.3 Å². The number of nitriles is 2. The number of alkyl halides is 2. The van der Waals surface area contributed by atoms with E-state index in [2.05, 4.69) is 55.6 Å². The predicted molar refractivity (Wildman–Crippen MR) is 224 cm³/mol. The topological polar surface area (TPSA) is 180 Å². The molecule has 14 heteroatoms. The van der Waals surface area contributed by atoms with E-state index in [4.69, 9.17) is 43.1 Å². The lowest BCUT2D eigenvalue weighted by molar-refractivity contribution is -0.144. The van der Waals surface area contributed by atoms with E-state index in [0.717, 1.165) is 17.7 Å². The Hall–Kier alpha value is -4.39. The maximum Gasteiger partial charge on any atom is 0.306 e. The lowest BCUT2D eigenvalue weighted by Gasteiger charge is -2.29. The van der Waals surface area contributed by atoms with Crippen molar-refractivity contribution in [1.82, 2.24) is 0 Å². The summed E-state index contributed by atoms with van der Waals surface area (Å²) in [7, 11) is 1.58. The van der Waals surface area contributed by atoms with Crippen molar-refractivity contribution >= 4 is 63.7 Å². The lowest BCUT2D eigenvalue weighted by atomic mass is 9.81. The number of hydrogen-bond acceptors (Lipinski definition) is 12. The first-order chi connectivity index (χ1) is 26.7. The van der Waals surface area contributed by atoms with E-state index in [0.29, 0.717) is 75.2 Å². The summed E-state index contributed by atoms with van der Waals surface area (Å²) in [5, 5.41) is 19.7. The van der Waals surface area contributed by atoms with Gasteiger partial charge in [0.2, 0.25) is 0 Å². The van der Waals surface area contributed by atoms with Crippen molar-refractivity contribution < 1.29 is 28.6 Å². The molecular formula is C42H60Cl2N6O6.